The Bertz CT molecular complexity index is 1420. The van der Waals surface area contributed by atoms with E-state index in [0.29, 0.717) is 38.0 Å². The molecule has 1 aliphatic rings. The molecule has 192 valence electrons. The largest absolute Gasteiger partial charge is 0.497 e. The van der Waals surface area contributed by atoms with Crippen molar-refractivity contribution in [3.8, 4) is 5.75 Å². The SMILES string of the molecule is COc1ccc([C@H](c2nnnn2CS(=O)(=O)c2ccc(C)cc2)N2CCN(c3ncccn3)CC2)cc1. The molecule has 1 aliphatic heterocycles. The molecule has 1 fully saturated rings. The van der Waals surface area contributed by atoms with Crippen molar-refractivity contribution in [2.75, 3.05) is 38.2 Å². The Kier molecular flexibility index (Phi) is 7.10. The van der Waals surface area contributed by atoms with Gasteiger partial charge in [-0.15, -0.1) is 5.10 Å². The number of rotatable bonds is 8. The van der Waals surface area contributed by atoms with Crippen molar-refractivity contribution in [1.29, 1.82) is 0 Å². The lowest BCUT2D eigenvalue weighted by molar-refractivity contribution is 0.201. The highest BCUT2D eigenvalue weighted by Crippen LogP contribution is 2.30. The molecule has 2 aromatic heterocycles. The Hall–Kier alpha value is -3.90. The maximum absolute atomic E-state index is 13.2. The normalized spacial score (nSPS) is 15.5. The molecule has 37 heavy (non-hydrogen) atoms. The van der Waals surface area contributed by atoms with Crippen LogP contribution in [0.1, 0.15) is 23.0 Å². The van der Waals surface area contributed by atoms with Crippen LogP contribution in [0.2, 0.25) is 0 Å². The summed E-state index contributed by atoms with van der Waals surface area (Å²) >= 11 is 0. The van der Waals surface area contributed by atoms with Crippen LogP contribution in [0.5, 0.6) is 5.75 Å². The first-order chi connectivity index (χ1) is 17.9. The fraction of sp³-hybridized carbons (Fsp3) is 0.320. The van der Waals surface area contributed by atoms with Crippen molar-refractivity contribution in [2.24, 2.45) is 0 Å². The van der Waals surface area contributed by atoms with Crippen LogP contribution in [0.3, 0.4) is 0 Å². The third kappa shape index (κ3) is 5.44. The average Bonchev–Trinajstić information content (AvgIpc) is 3.37. The summed E-state index contributed by atoms with van der Waals surface area (Å²) in [7, 11) is -2.05. The predicted molar refractivity (Wildman–Crippen MR) is 137 cm³/mol. The molecule has 2 aromatic carbocycles. The molecule has 0 radical (unpaired) electrons. The summed E-state index contributed by atoms with van der Waals surface area (Å²) in [6, 6.07) is 15.9. The molecule has 0 spiro atoms. The maximum Gasteiger partial charge on any atom is 0.225 e. The van der Waals surface area contributed by atoms with E-state index in [0.717, 1.165) is 16.9 Å². The van der Waals surface area contributed by atoms with E-state index in [1.54, 1.807) is 49.8 Å². The first-order valence-electron chi connectivity index (χ1n) is 11.9. The molecule has 0 amide bonds. The summed E-state index contributed by atoms with van der Waals surface area (Å²) in [6.07, 6.45) is 3.47. The van der Waals surface area contributed by atoms with Gasteiger partial charge in [-0.3, -0.25) is 4.90 Å². The van der Waals surface area contributed by atoms with E-state index < -0.39 is 9.84 Å². The fourth-order valence-electron chi connectivity index (χ4n) is 4.42. The van der Waals surface area contributed by atoms with Crippen LogP contribution in [0.15, 0.2) is 71.9 Å². The van der Waals surface area contributed by atoms with Crippen molar-refractivity contribution in [3.63, 3.8) is 0 Å². The molecule has 5 rings (SSSR count). The van der Waals surface area contributed by atoms with Crippen molar-refractivity contribution >= 4 is 15.8 Å². The number of benzene rings is 2. The quantitative estimate of drug-likeness (QED) is 0.342. The number of anilines is 1. The lowest BCUT2D eigenvalue weighted by Gasteiger charge is -2.38. The zero-order chi connectivity index (χ0) is 25.8. The molecule has 0 aliphatic carbocycles. The standard InChI is InChI=1S/C25H28N8O3S/c1-19-4-10-22(11-5-19)37(34,35)18-33-24(28-29-30-33)23(20-6-8-21(36-2)9-7-20)31-14-16-32(17-15-31)25-26-12-3-13-27-25/h3-13,23H,14-18H2,1-2H3/t23-/m1/s1. The number of tetrazole rings is 1. The van der Waals surface area contributed by atoms with Crippen molar-refractivity contribution in [3.05, 3.63) is 83.9 Å². The molecule has 0 saturated carbocycles. The lowest BCUT2D eigenvalue weighted by Crippen LogP contribution is -2.49. The first-order valence-corrected chi connectivity index (χ1v) is 13.6. The molecular weight excluding hydrogens is 492 g/mol. The average molecular weight is 521 g/mol. The number of nitrogens with zero attached hydrogens (tertiary/aromatic N) is 8. The topological polar surface area (TPSA) is 119 Å². The molecule has 1 atom stereocenters. The Morgan fingerprint density at radius 1 is 0.946 bits per heavy atom. The van der Waals surface area contributed by atoms with E-state index in [2.05, 4.69) is 35.3 Å². The summed E-state index contributed by atoms with van der Waals surface area (Å²) in [5.41, 5.74) is 1.93. The summed E-state index contributed by atoms with van der Waals surface area (Å²) in [6.45, 7) is 4.71. The Morgan fingerprint density at radius 2 is 1.62 bits per heavy atom. The number of ether oxygens (including phenoxy) is 1. The Balaban J connectivity index is 1.45. The molecule has 0 unspecified atom stereocenters. The van der Waals surface area contributed by atoms with Gasteiger partial charge in [-0.25, -0.2) is 23.1 Å². The van der Waals surface area contributed by atoms with Crippen molar-refractivity contribution < 1.29 is 13.2 Å². The summed E-state index contributed by atoms with van der Waals surface area (Å²) in [4.78, 5) is 13.4. The highest BCUT2D eigenvalue weighted by atomic mass is 32.2. The fourth-order valence-corrected chi connectivity index (χ4v) is 5.63. The van der Waals surface area contributed by atoms with E-state index in [-0.39, 0.29) is 16.8 Å². The molecule has 3 heterocycles. The van der Waals surface area contributed by atoms with Gasteiger partial charge in [0.2, 0.25) is 5.95 Å². The molecule has 0 N–H and O–H groups in total. The number of hydrogen-bond acceptors (Lipinski definition) is 10. The molecule has 0 bridgehead atoms. The number of sulfone groups is 1. The third-order valence-corrected chi connectivity index (χ3v) is 8.00. The third-order valence-electron chi connectivity index (χ3n) is 6.42. The van der Waals surface area contributed by atoms with Crippen molar-refractivity contribution in [1.82, 2.24) is 35.1 Å². The minimum absolute atomic E-state index is 0.233. The van der Waals surface area contributed by atoms with Gasteiger partial charge in [0.05, 0.1) is 18.0 Å². The van der Waals surface area contributed by atoms with Crippen LogP contribution in [0.25, 0.3) is 0 Å². The highest BCUT2D eigenvalue weighted by molar-refractivity contribution is 7.90. The number of methoxy groups -OCH3 is 1. The zero-order valence-corrected chi connectivity index (χ0v) is 21.5. The van der Waals surface area contributed by atoms with Crippen LogP contribution in [0, 0.1) is 6.92 Å². The minimum Gasteiger partial charge on any atom is -0.497 e. The van der Waals surface area contributed by atoms with Gasteiger partial charge in [0, 0.05) is 38.6 Å². The van der Waals surface area contributed by atoms with E-state index in [9.17, 15) is 8.42 Å². The maximum atomic E-state index is 13.2. The molecule has 11 nitrogen and oxygen atoms in total. The Morgan fingerprint density at radius 3 is 2.27 bits per heavy atom. The minimum atomic E-state index is -3.67. The predicted octanol–water partition coefficient (Wildman–Crippen LogP) is 2.12. The molecular formula is C25H28N8O3S. The lowest BCUT2D eigenvalue weighted by atomic mass is 10.0. The van der Waals surface area contributed by atoms with E-state index in [1.165, 1.54) is 4.68 Å². The van der Waals surface area contributed by atoms with Crippen LogP contribution in [-0.2, 0) is 15.7 Å². The van der Waals surface area contributed by atoms with Gasteiger partial charge in [-0.05, 0) is 53.2 Å². The second-order valence-electron chi connectivity index (χ2n) is 8.84. The molecule has 12 heteroatoms. The van der Waals surface area contributed by atoms with Crippen LogP contribution in [-0.4, -0.2) is 76.8 Å². The number of hydrogen-bond donors (Lipinski definition) is 0. The number of piperazine rings is 1. The van der Waals surface area contributed by atoms with Crippen LogP contribution in [0.4, 0.5) is 5.95 Å². The first kappa shape index (κ1) is 24.8. The van der Waals surface area contributed by atoms with Gasteiger partial charge < -0.3 is 9.64 Å². The molecule has 1 saturated heterocycles. The van der Waals surface area contributed by atoms with Gasteiger partial charge in [0.1, 0.15) is 5.75 Å². The van der Waals surface area contributed by atoms with E-state index in [1.807, 2.05) is 31.2 Å². The van der Waals surface area contributed by atoms with E-state index in [4.69, 9.17) is 4.74 Å². The van der Waals surface area contributed by atoms with Gasteiger partial charge >= 0.3 is 0 Å². The summed E-state index contributed by atoms with van der Waals surface area (Å²) in [5.74, 6) is 1.53. The molecule has 4 aromatic rings. The Labute approximate surface area is 215 Å². The summed E-state index contributed by atoms with van der Waals surface area (Å²) < 4.78 is 33.2. The number of aryl methyl sites for hydroxylation is 1. The highest BCUT2D eigenvalue weighted by Gasteiger charge is 2.32. The number of aromatic nitrogens is 6. The van der Waals surface area contributed by atoms with Gasteiger partial charge in [-0.2, -0.15) is 0 Å². The van der Waals surface area contributed by atoms with Crippen molar-refractivity contribution in [2.45, 2.75) is 23.7 Å². The van der Waals surface area contributed by atoms with Crippen LogP contribution >= 0.6 is 0 Å². The van der Waals surface area contributed by atoms with Gasteiger partial charge in [0.15, 0.2) is 21.5 Å². The zero-order valence-electron chi connectivity index (χ0n) is 20.7. The monoisotopic (exact) mass is 520 g/mol. The van der Waals surface area contributed by atoms with Crippen LogP contribution < -0.4 is 9.64 Å². The van der Waals surface area contributed by atoms with Gasteiger partial charge in [-0.1, -0.05) is 29.8 Å². The van der Waals surface area contributed by atoms with E-state index >= 15 is 0 Å². The second kappa shape index (κ2) is 10.6. The smallest absolute Gasteiger partial charge is 0.225 e. The van der Waals surface area contributed by atoms with Gasteiger partial charge in [0.25, 0.3) is 0 Å². The summed E-state index contributed by atoms with van der Waals surface area (Å²) in [5, 5.41) is 12.3. The second-order valence-corrected chi connectivity index (χ2v) is 10.8.